The first-order chi connectivity index (χ1) is 13.0. The highest BCUT2D eigenvalue weighted by atomic mass is 32.2. The van der Waals surface area contributed by atoms with Crippen molar-refractivity contribution in [2.24, 2.45) is 5.92 Å². The fourth-order valence-electron chi connectivity index (χ4n) is 3.04. The van der Waals surface area contributed by atoms with E-state index in [-0.39, 0.29) is 25.7 Å². The summed E-state index contributed by atoms with van der Waals surface area (Å²) >= 11 is 0. The van der Waals surface area contributed by atoms with Crippen LogP contribution >= 0.6 is 0 Å². The second kappa shape index (κ2) is 8.59. The number of hydrogen-bond donors (Lipinski definition) is 1. The molecule has 0 saturated carbocycles. The number of pyridine rings is 1. The van der Waals surface area contributed by atoms with Gasteiger partial charge in [-0.3, -0.25) is 4.79 Å². The van der Waals surface area contributed by atoms with Gasteiger partial charge in [-0.1, -0.05) is 6.07 Å². The fourth-order valence-corrected chi connectivity index (χ4v) is 4.31. The smallest absolute Gasteiger partial charge is 0.310 e. The van der Waals surface area contributed by atoms with Crippen molar-refractivity contribution in [2.45, 2.75) is 26.3 Å². The van der Waals surface area contributed by atoms with E-state index in [9.17, 15) is 13.2 Å². The third kappa shape index (κ3) is 4.71. The van der Waals surface area contributed by atoms with Crippen molar-refractivity contribution in [1.82, 2.24) is 23.8 Å². The van der Waals surface area contributed by atoms with Gasteiger partial charge in [0.1, 0.15) is 0 Å². The molecule has 1 atom stereocenters. The van der Waals surface area contributed by atoms with Crippen molar-refractivity contribution >= 4 is 16.2 Å². The van der Waals surface area contributed by atoms with E-state index in [4.69, 9.17) is 4.74 Å². The van der Waals surface area contributed by atoms with Crippen LogP contribution in [0.3, 0.4) is 0 Å². The minimum Gasteiger partial charge on any atom is -0.466 e. The van der Waals surface area contributed by atoms with E-state index >= 15 is 0 Å². The van der Waals surface area contributed by atoms with Gasteiger partial charge < -0.3 is 4.74 Å². The second-order valence-corrected chi connectivity index (χ2v) is 7.97. The van der Waals surface area contributed by atoms with Gasteiger partial charge in [-0.15, -0.1) is 0 Å². The number of carbonyl (C=O) groups excluding carboxylic acids is 1. The van der Waals surface area contributed by atoms with Crippen LogP contribution in [-0.4, -0.2) is 53.2 Å². The summed E-state index contributed by atoms with van der Waals surface area (Å²) in [6.07, 6.45) is 6.26. The Bertz CT molecular complexity index is 869. The summed E-state index contributed by atoms with van der Waals surface area (Å²) in [5.74, 6) is -0.202. The number of nitrogens with zero attached hydrogens (tertiary/aromatic N) is 4. The number of piperidine rings is 1. The number of rotatable bonds is 7. The molecule has 146 valence electrons. The van der Waals surface area contributed by atoms with Crippen molar-refractivity contribution in [3.8, 4) is 5.82 Å². The molecule has 0 aliphatic carbocycles. The van der Waals surface area contributed by atoms with Crippen LogP contribution in [0.15, 0.2) is 36.8 Å². The molecule has 3 rings (SSSR count). The molecular weight excluding hydrogens is 370 g/mol. The Morgan fingerprint density at radius 1 is 1.37 bits per heavy atom. The van der Waals surface area contributed by atoms with Gasteiger partial charge in [-0.05, 0) is 31.9 Å². The highest BCUT2D eigenvalue weighted by Gasteiger charge is 2.33. The molecule has 1 aliphatic rings. The first kappa shape index (κ1) is 19.5. The second-order valence-electron chi connectivity index (χ2n) is 6.21. The Morgan fingerprint density at radius 2 is 2.22 bits per heavy atom. The van der Waals surface area contributed by atoms with Crippen molar-refractivity contribution in [2.75, 3.05) is 19.7 Å². The SMILES string of the molecule is CCOC(=O)[C@H]1CCCN(S(=O)(=O)NCc2cccnc2-n2cccn2)C1. The molecule has 0 aromatic carbocycles. The molecule has 1 saturated heterocycles. The molecule has 0 amide bonds. The Balaban J connectivity index is 1.68. The lowest BCUT2D eigenvalue weighted by Gasteiger charge is -2.30. The molecule has 9 nitrogen and oxygen atoms in total. The lowest BCUT2D eigenvalue weighted by Crippen LogP contribution is -2.47. The lowest BCUT2D eigenvalue weighted by atomic mass is 10.0. The Morgan fingerprint density at radius 3 is 2.96 bits per heavy atom. The Hall–Kier alpha value is -2.30. The zero-order valence-electron chi connectivity index (χ0n) is 15.1. The molecule has 0 bridgehead atoms. The molecule has 10 heteroatoms. The largest absolute Gasteiger partial charge is 0.466 e. The van der Waals surface area contributed by atoms with E-state index in [0.717, 1.165) is 0 Å². The van der Waals surface area contributed by atoms with Gasteiger partial charge in [0.15, 0.2) is 5.82 Å². The van der Waals surface area contributed by atoms with Crippen LogP contribution in [0.4, 0.5) is 0 Å². The first-order valence-electron chi connectivity index (χ1n) is 8.86. The molecule has 0 unspecified atom stereocenters. The minimum absolute atomic E-state index is 0.0753. The minimum atomic E-state index is -3.73. The van der Waals surface area contributed by atoms with Crippen LogP contribution in [-0.2, 0) is 26.3 Å². The van der Waals surface area contributed by atoms with Gasteiger partial charge >= 0.3 is 5.97 Å². The zero-order valence-corrected chi connectivity index (χ0v) is 15.9. The Kier molecular flexibility index (Phi) is 6.19. The monoisotopic (exact) mass is 393 g/mol. The van der Waals surface area contributed by atoms with Gasteiger partial charge in [0, 0.05) is 43.8 Å². The van der Waals surface area contributed by atoms with E-state index in [2.05, 4.69) is 14.8 Å². The predicted molar refractivity (Wildman–Crippen MR) is 98.0 cm³/mol. The van der Waals surface area contributed by atoms with Gasteiger partial charge in [0.05, 0.1) is 12.5 Å². The Labute approximate surface area is 158 Å². The summed E-state index contributed by atoms with van der Waals surface area (Å²) < 4.78 is 35.9. The summed E-state index contributed by atoms with van der Waals surface area (Å²) in [6.45, 7) is 2.61. The van der Waals surface area contributed by atoms with Gasteiger partial charge in [-0.25, -0.2) is 9.67 Å². The predicted octanol–water partition coefficient (Wildman–Crippen LogP) is 0.877. The number of aromatic nitrogens is 3. The number of ether oxygens (including phenoxy) is 1. The zero-order chi connectivity index (χ0) is 19.3. The van der Waals surface area contributed by atoms with Crippen molar-refractivity contribution in [3.05, 3.63) is 42.4 Å². The van der Waals surface area contributed by atoms with E-state index in [1.807, 2.05) is 0 Å². The summed E-state index contributed by atoms with van der Waals surface area (Å²) in [5.41, 5.74) is 0.698. The lowest BCUT2D eigenvalue weighted by molar-refractivity contribution is -0.149. The topological polar surface area (TPSA) is 106 Å². The molecule has 1 fully saturated rings. The molecule has 1 aliphatic heterocycles. The van der Waals surface area contributed by atoms with Crippen LogP contribution in [0.1, 0.15) is 25.3 Å². The molecule has 2 aromatic rings. The fraction of sp³-hybridized carbons (Fsp3) is 0.471. The third-order valence-corrected chi connectivity index (χ3v) is 5.90. The van der Waals surface area contributed by atoms with Gasteiger partial charge in [-0.2, -0.15) is 22.5 Å². The quantitative estimate of drug-likeness (QED) is 0.700. The van der Waals surface area contributed by atoms with E-state index in [1.54, 1.807) is 48.4 Å². The van der Waals surface area contributed by atoms with E-state index < -0.39 is 16.1 Å². The summed E-state index contributed by atoms with van der Waals surface area (Å²) in [5, 5.41) is 4.14. The number of nitrogens with one attached hydrogen (secondary N) is 1. The molecular formula is C17H23N5O4S. The average molecular weight is 393 g/mol. The molecule has 27 heavy (non-hydrogen) atoms. The van der Waals surface area contributed by atoms with E-state index in [1.165, 1.54) is 4.31 Å². The van der Waals surface area contributed by atoms with Crippen LogP contribution in [0.2, 0.25) is 0 Å². The van der Waals surface area contributed by atoms with E-state index in [0.29, 0.717) is 30.8 Å². The van der Waals surface area contributed by atoms with Crippen molar-refractivity contribution in [3.63, 3.8) is 0 Å². The molecule has 0 spiro atoms. The highest BCUT2D eigenvalue weighted by molar-refractivity contribution is 7.87. The summed E-state index contributed by atoms with van der Waals surface area (Å²) in [7, 11) is -3.73. The van der Waals surface area contributed by atoms with Crippen LogP contribution < -0.4 is 4.72 Å². The van der Waals surface area contributed by atoms with Gasteiger partial charge in [0.2, 0.25) is 0 Å². The standard InChI is InChI=1S/C17H23N5O4S/c1-2-26-17(23)15-7-4-10-21(13-15)27(24,25)20-12-14-6-3-8-18-16(14)22-11-5-9-19-22/h3,5-6,8-9,11,15,20H,2,4,7,10,12-13H2,1H3/t15-/m0/s1. The third-order valence-electron chi connectivity index (χ3n) is 4.38. The summed E-state index contributed by atoms with van der Waals surface area (Å²) in [6, 6.07) is 5.31. The molecule has 0 radical (unpaired) electrons. The van der Waals surface area contributed by atoms with Crippen molar-refractivity contribution in [1.29, 1.82) is 0 Å². The van der Waals surface area contributed by atoms with Gasteiger partial charge in [0.25, 0.3) is 10.2 Å². The summed E-state index contributed by atoms with van der Waals surface area (Å²) in [4.78, 5) is 16.2. The highest BCUT2D eigenvalue weighted by Crippen LogP contribution is 2.20. The van der Waals surface area contributed by atoms with Crippen molar-refractivity contribution < 1.29 is 17.9 Å². The normalized spacial score (nSPS) is 18.3. The van der Waals surface area contributed by atoms with Crippen LogP contribution in [0.25, 0.3) is 5.82 Å². The number of carbonyl (C=O) groups is 1. The maximum absolute atomic E-state index is 12.7. The molecule has 2 aromatic heterocycles. The molecule has 1 N–H and O–H groups in total. The van der Waals surface area contributed by atoms with Crippen LogP contribution in [0.5, 0.6) is 0 Å². The molecule has 3 heterocycles. The first-order valence-corrected chi connectivity index (χ1v) is 10.3. The average Bonchev–Trinajstić information content (AvgIpc) is 3.22. The maximum Gasteiger partial charge on any atom is 0.310 e. The maximum atomic E-state index is 12.7. The number of hydrogen-bond acceptors (Lipinski definition) is 6. The number of esters is 1. The van der Waals surface area contributed by atoms with Crippen LogP contribution in [0, 0.1) is 5.92 Å².